The quantitative estimate of drug-likeness (QED) is 0.358. The molecule has 35 heavy (non-hydrogen) atoms. The zero-order valence-corrected chi connectivity index (χ0v) is 18.9. The molecule has 2 heterocycles. The summed E-state index contributed by atoms with van der Waals surface area (Å²) in [6.45, 7) is 0.469. The van der Waals surface area contributed by atoms with Crippen LogP contribution >= 0.6 is 0 Å². The van der Waals surface area contributed by atoms with Crippen LogP contribution in [0.25, 0.3) is 28.2 Å². The third kappa shape index (κ3) is 4.52. The average molecular weight is 465 g/mol. The van der Waals surface area contributed by atoms with E-state index in [-0.39, 0.29) is 5.82 Å². The minimum atomic E-state index is -0.231. The van der Waals surface area contributed by atoms with Crippen LogP contribution in [0.5, 0.6) is 5.75 Å². The number of imidazole rings is 1. The Labute approximate surface area is 201 Å². The van der Waals surface area contributed by atoms with Crippen molar-refractivity contribution >= 4 is 17.1 Å². The van der Waals surface area contributed by atoms with Gasteiger partial charge in [-0.1, -0.05) is 36.4 Å². The SMILES string of the molecule is COc1cccc(-n2c(-c3cccc(C#N)c3)nc3cnc(NCCc4ccccc4F)nc32)c1. The zero-order chi connectivity index (χ0) is 24.2. The Bertz CT molecular complexity index is 1560. The van der Waals surface area contributed by atoms with Gasteiger partial charge in [0.15, 0.2) is 5.65 Å². The summed E-state index contributed by atoms with van der Waals surface area (Å²) in [6, 6.07) is 23.7. The number of anilines is 1. The largest absolute Gasteiger partial charge is 0.497 e. The van der Waals surface area contributed by atoms with Crippen LogP contribution in [-0.4, -0.2) is 33.2 Å². The Hall–Kier alpha value is -4.77. The van der Waals surface area contributed by atoms with Gasteiger partial charge in [0.1, 0.15) is 22.9 Å². The van der Waals surface area contributed by atoms with E-state index >= 15 is 0 Å². The lowest BCUT2D eigenvalue weighted by molar-refractivity contribution is 0.414. The fourth-order valence-electron chi connectivity index (χ4n) is 3.89. The number of fused-ring (bicyclic) bond motifs is 1. The fourth-order valence-corrected chi connectivity index (χ4v) is 3.89. The zero-order valence-electron chi connectivity index (χ0n) is 18.9. The summed E-state index contributed by atoms with van der Waals surface area (Å²) in [5.41, 5.74) is 3.94. The van der Waals surface area contributed by atoms with Gasteiger partial charge >= 0.3 is 0 Å². The molecule has 0 saturated heterocycles. The number of rotatable bonds is 7. The lowest BCUT2D eigenvalue weighted by Gasteiger charge is -2.11. The van der Waals surface area contributed by atoms with Crippen LogP contribution in [0.3, 0.4) is 0 Å². The highest BCUT2D eigenvalue weighted by molar-refractivity contribution is 5.80. The van der Waals surface area contributed by atoms with Crippen molar-refractivity contribution in [1.29, 1.82) is 5.26 Å². The highest BCUT2D eigenvalue weighted by Crippen LogP contribution is 2.30. The van der Waals surface area contributed by atoms with Gasteiger partial charge in [-0.05, 0) is 42.3 Å². The molecule has 8 heteroatoms. The molecule has 0 aliphatic rings. The van der Waals surface area contributed by atoms with Crippen LogP contribution < -0.4 is 10.1 Å². The normalized spacial score (nSPS) is 10.8. The maximum absolute atomic E-state index is 13.9. The fraction of sp³-hybridized carbons (Fsp3) is 0.111. The maximum atomic E-state index is 13.9. The summed E-state index contributed by atoms with van der Waals surface area (Å²) in [4.78, 5) is 13.9. The highest BCUT2D eigenvalue weighted by atomic mass is 19.1. The summed E-state index contributed by atoms with van der Waals surface area (Å²) >= 11 is 0. The van der Waals surface area contributed by atoms with Crippen LogP contribution in [0.2, 0.25) is 0 Å². The first-order chi connectivity index (χ1) is 17.2. The third-order valence-electron chi connectivity index (χ3n) is 5.60. The lowest BCUT2D eigenvalue weighted by atomic mass is 10.1. The molecule has 7 nitrogen and oxygen atoms in total. The van der Waals surface area contributed by atoms with Crippen molar-refractivity contribution < 1.29 is 9.13 Å². The van der Waals surface area contributed by atoms with Gasteiger partial charge in [0.25, 0.3) is 0 Å². The van der Waals surface area contributed by atoms with E-state index in [2.05, 4.69) is 16.4 Å². The molecule has 0 amide bonds. The van der Waals surface area contributed by atoms with Crippen LogP contribution in [0.15, 0.2) is 79.0 Å². The van der Waals surface area contributed by atoms with Crippen LogP contribution in [0.4, 0.5) is 10.3 Å². The molecule has 5 rings (SSSR count). The maximum Gasteiger partial charge on any atom is 0.224 e. The van der Waals surface area contributed by atoms with E-state index in [9.17, 15) is 9.65 Å². The van der Waals surface area contributed by atoms with E-state index in [1.165, 1.54) is 6.07 Å². The summed E-state index contributed by atoms with van der Waals surface area (Å²) < 4.78 is 21.3. The van der Waals surface area contributed by atoms with E-state index in [1.807, 2.05) is 47.0 Å². The van der Waals surface area contributed by atoms with Crippen molar-refractivity contribution in [3.05, 3.63) is 95.9 Å². The van der Waals surface area contributed by atoms with Crippen LogP contribution in [0.1, 0.15) is 11.1 Å². The summed E-state index contributed by atoms with van der Waals surface area (Å²) in [5.74, 6) is 1.50. The van der Waals surface area contributed by atoms with E-state index in [0.29, 0.717) is 52.8 Å². The highest BCUT2D eigenvalue weighted by Gasteiger charge is 2.17. The molecule has 0 unspecified atom stereocenters. The van der Waals surface area contributed by atoms with E-state index in [4.69, 9.17) is 14.7 Å². The van der Waals surface area contributed by atoms with Crippen LogP contribution in [-0.2, 0) is 6.42 Å². The average Bonchev–Trinajstić information content (AvgIpc) is 3.29. The first kappa shape index (κ1) is 22.0. The second-order valence-corrected chi connectivity index (χ2v) is 7.84. The molecule has 0 aliphatic carbocycles. The summed E-state index contributed by atoms with van der Waals surface area (Å²) in [7, 11) is 1.61. The second-order valence-electron chi connectivity index (χ2n) is 7.84. The predicted octanol–water partition coefficient (Wildman–Crippen LogP) is 5.16. The van der Waals surface area contributed by atoms with Gasteiger partial charge in [0, 0.05) is 18.2 Å². The molecule has 0 atom stereocenters. The van der Waals surface area contributed by atoms with Crippen molar-refractivity contribution in [1.82, 2.24) is 19.5 Å². The minimum Gasteiger partial charge on any atom is -0.497 e. The molecule has 0 bridgehead atoms. The molecule has 2 aromatic heterocycles. The van der Waals surface area contributed by atoms with Gasteiger partial charge in [0.2, 0.25) is 5.95 Å². The molecule has 0 fully saturated rings. The number of ether oxygens (including phenoxy) is 1. The number of nitrogens with zero attached hydrogens (tertiary/aromatic N) is 5. The Balaban J connectivity index is 1.56. The molecule has 3 aromatic carbocycles. The van der Waals surface area contributed by atoms with Crippen LogP contribution in [0, 0.1) is 17.1 Å². The van der Waals surface area contributed by atoms with E-state index < -0.39 is 0 Å². The predicted molar refractivity (Wildman–Crippen MR) is 132 cm³/mol. The van der Waals surface area contributed by atoms with Crippen molar-refractivity contribution in [2.45, 2.75) is 6.42 Å². The summed E-state index contributed by atoms with van der Waals surface area (Å²) in [6.07, 6.45) is 2.15. The Morgan fingerprint density at radius 1 is 1.03 bits per heavy atom. The van der Waals surface area contributed by atoms with Gasteiger partial charge < -0.3 is 10.1 Å². The molecule has 0 saturated carbocycles. The molecule has 0 radical (unpaired) electrons. The monoisotopic (exact) mass is 464 g/mol. The summed E-state index contributed by atoms with van der Waals surface area (Å²) in [5, 5.41) is 12.6. The lowest BCUT2D eigenvalue weighted by Crippen LogP contribution is -2.09. The minimum absolute atomic E-state index is 0.231. The number of methoxy groups -OCH3 is 1. The van der Waals surface area contributed by atoms with Crippen molar-refractivity contribution in [3.63, 3.8) is 0 Å². The van der Waals surface area contributed by atoms with Crippen molar-refractivity contribution in [3.8, 4) is 28.9 Å². The number of halogens is 1. The third-order valence-corrected chi connectivity index (χ3v) is 5.60. The van der Waals surface area contributed by atoms with E-state index in [0.717, 1.165) is 11.3 Å². The first-order valence-electron chi connectivity index (χ1n) is 11.0. The van der Waals surface area contributed by atoms with Gasteiger partial charge in [-0.25, -0.2) is 14.4 Å². The van der Waals surface area contributed by atoms with E-state index in [1.54, 1.807) is 37.6 Å². The number of aromatic nitrogens is 4. The molecular formula is C27H21FN6O. The molecule has 0 aliphatic heterocycles. The number of nitrogens with one attached hydrogen (secondary N) is 1. The van der Waals surface area contributed by atoms with Gasteiger partial charge in [-0.3, -0.25) is 4.57 Å². The number of hydrogen-bond acceptors (Lipinski definition) is 6. The Morgan fingerprint density at radius 2 is 1.89 bits per heavy atom. The van der Waals surface area contributed by atoms with Crippen molar-refractivity contribution in [2.75, 3.05) is 19.0 Å². The molecule has 5 aromatic rings. The topological polar surface area (TPSA) is 88.7 Å². The van der Waals surface area contributed by atoms with Gasteiger partial charge in [0.05, 0.1) is 30.6 Å². The smallest absolute Gasteiger partial charge is 0.224 e. The standard InChI is InChI=1S/C27H21FN6O/c1-35-22-10-5-9-21(15-22)34-25(20-8-4-6-18(14-20)16-29)32-24-17-31-27(33-26(24)34)30-13-12-19-7-2-3-11-23(19)28/h2-11,14-15,17H,12-13H2,1H3,(H,30,31,33). The van der Waals surface area contributed by atoms with Gasteiger partial charge in [-0.15, -0.1) is 0 Å². The van der Waals surface area contributed by atoms with Crippen molar-refractivity contribution in [2.24, 2.45) is 0 Å². The molecule has 172 valence electrons. The molecular weight excluding hydrogens is 443 g/mol. The molecule has 1 N–H and O–H groups in total. The second kappa shape index (κ2) is 9.61. The molecule has 0 spiro atoms. The first-order valence-corrected chi connectivity index (χ1v) is 11.0. The number of nitriles is 1. The van der Waals surface area contributed by atoms with Gasteiger partial charge in [-0.2, -0.15) is 10.2 Å². The Kier molecular flexibility index (Phi) is 6.05. The number of benzene rings is 3. The Morgan fingerprint density at radius 3 is 2.71 bits per heavy atom. The number of hydrogen-bond donors (Lipinski definition) is 1.